The monoisotopic (exact) mass is 304 g/mol. The highest BCUT2D eigenvalue weighted by Gasteiger charge is 2.64. The number of hydrogen-bond acceptors (Lipinski definition) is 2. The first kappa shape index (κ1) is 15.0. The van der Waals surface area contributed by atoms with Crippen molar-refractivity contribution in [1.82, 2.24) is 5.32 Å². The van der Waals surface area contributed by atoms with Gasteiger partial charge >= 0.3 is 0 Å². The van der Waals surface area contributed by atoms with Gasteiger partial charge in [0.05, 0.1) is 0 Å². The summed E-state index contributed by atoms with van der Waals surface area (Å²) in [6, 6.07) is 0.459. The second-order valence-electron chi connectivity index (χ2n) is 9.26. The number of fused-ring (bicyclic) bond motifs is 9. The number of rotatable bonds is 4. The summed E-state index contributed by atoms with van der Waals surface area (Å²) in [6.45, 7) is 7.15. The minimum absolute atomic E-state index is 0.222. The first-order valence-electron chi connectivity index (χ1n) is 9.47. The highest BCUT2D eigenvalue weighted by atomic mass is 16.2. The Balaban J connectivity index is 1.46. The van der Waals surface area contributed by atoms with Crippen molar-refractivity contribution in [2.75, 3.05) is 6.54 Å². The second kappa shape index (κ2) is 4.96. The molecule has 1 amide bonds. The summed E-state index contributed by atoms with van der Waals surface area (Å²) in [6.07, 6.45) is 6.32. The molecule has 3 N–H and O–H groups in total. The summed E-state index contributed by atoms with van der Waals surface area (Å²) in [5.41, 5.74) is 5.78. The summed E-state index contributed by atoms with van der Waals surface area (Å²) in [7, 11) is 0. The van der Waals surface area contributed by atoms with Gasteiger partial charge in [0.25, 0.3) is 0 Å². The van der Waals surface area contributed by atoms with Crippen LogP contribution in [0.15, 0.2) is 0 Å². The van der Waals surface area contributed by atoms with E-state index in [-0.39, 0.29) is 11.3 Å². The molecular formula is C19H32N2O. The number of hydrogen-bond donors (Lipinski definition) is 2. The maximum atomic E-state index is 12.6. The Labute approximate surface area is 134 Å². The van der Waals surface area contributed by atoms with Crippen LogP contribution in [0.3, 0.4) is 0 Å². The van der Waals surface area contributed by atoms with E-state index >= 15 is 0 Å². The van der Waals surface area contributed by atoms with E-state index < -0.39 is 0 Å². The molecule has 4 bridgehead atoms. The van der Waals surface area contributed by atoms with Crippen molar-refractivity contribution in [2.45, 2.75) is 58.9 Å². The van der Waals surface area contributed by atoms with Crippen LogP contribution in [0.4, 0.5) is 0 Å². The molecule has 124 valence electrons. The van der Waals surface area contributed by atoms with Crippen LogP contribution in [0.25, 0.3) is 0 Å². The van der Waals surface area contributed by atoms with Crippen molar-refractivity contribution in [3.8, 4) is 0 Å². The molecule has 0 aromatic rings. The van der Waals surface area contributed by atoms with E-state index in [2.05, 4.69) is 26.1 Å². The zero-order chi connectivity index (χ0) is 15.6. The van der Waals surface area contributed by atoms with Crippen molar-refractivity contribution < 1.29 is 4.79 Å². The van der Waals surface area contributed by atoms with Gasteiger partial charge in [-0.1, -0.05) is 20.8 Å². The molecule has 0 radical (unpaired) electrons. The van der Waals surface area contributed by atoms with Gasteiger partial charge in [0.1, 0.15) is 0 Å². The minimum atomic E-state index is -0.222. The van der Waals surface area contributed by atoms with Gasteiger partial charge in [-0.3, -0.25) is 4.79 Å². The molecule has 3 heteroatoms. The van der Waals surface area contributed by atoms with Crippen LogP contribution < -0.4 is 11.1 Å². The van der Waals surface area contributed by atoms with Crippen LogP contribution >= 0.6 is 0 Å². The van der Waals surface area contributed by atoms with Gasteiger partial charge in [0.2, 0.25) is 5.91 Å². The molecule has 8 atom stereocenters. The van der Waals surface area contributed by atoms with Gasteiger partial charge in [0, 0.05) is 11.5 Å². The van der Waals surface area contributed by atoms with Crippen LogP contribution in [0.2, 0.25) is 0 Å². The van der Waals surface area contributed by atoms with Crippen LogP contribution in [0.1, 0.15) is 52.9 Å². The fourth-order valence-corrected chi connectivity index (χ4v) is 6.70. The van der Waals surface area contributed by atoms with E-state index in [1.165, 1.54) is 25.7 Å². The van der Waals surface area contributed by atoms with Gasteiger partial charge < -0.3 is 11.1 Å². The summed E-state index contributed by atoms with van der Waals surface area (Å²) < 4.78 is 0. The number of nitrogens with two attached hydrogens (primary N) is 1. The topological polar surface area (TPSA) is 55.1 Å². The molecule has 0 heterocycles. The molecule has 22 heavy (non-hydrogen) atoms. The Morgan fingerprint density at radius 1 is 1.09 bits per heavy atom. The van der Waals surface area contributed by atoms with Crippen molar-refractivity contribution in [2.24, 2.45) is 52.6 Å². The molecule has 0 aliphatic heterocycles. The van der Waals surface area contributed by atoms with Gasteiger partial charge in [-0.05, 0) is 80.1 Å². The molecule has 4 aliphatic rings. The van der Waals surface area contributed by atoms with Gasteiger partial charge in [-0.2, -0.15) is 0 Å². The Kier molecular flexibility index (Phi) is 3.38. The van der Waals surface area contributed by atoms with Crippen molar-refractivity contribution in [3.05, 3.63) is 0 Å². The summed E-state index contributed by atoms with van der Waals surface area (Å²) in [5.74, 6) is 6.39. The molecule has 4 fully saturated rings. The third kappa shape index (κ3) is 1.93. The van der Waals surface area contributed by atoms with E-state index in [1.807, 2.05) is 0 Å². The average Bonchev–Trinajstić information content (AvgIpc) is 3.23. The number of amides is 1. The number of nitrogens with one attached hydrogen (secondary N) is 1. The van der Waals surface area contributed by atoms with E-state index in [4.69, 9.17) is 5.73 Å². The highest BCUT2D eigenvalue weighted by Crippen LogP contribution is 2.68. The molecule has 0 spiro atoms. The number of carbonyl (C=O) groups is 1. The quantitative estimate of drug-likeness (QED) is 0.785. The molecule has 4 rings (SSSR count). The first-order valence-corrected chi connectivity index (χ1v) is 9.47. The molecule has 4 saturated carbocycles. The van der Waals surface area contributed by atoms with Crippen LogP contribution in [-0.2, 0) is 4.79 Å². The fourth-order valence-electron chi connectivity index (χ4n) is 6.70. The standard InChI is InChI=1S/C19H32N2O/c1-4-19(2,3)18(22)21-15-8-11-7-14(15)17-10-5-12(9-20)13(6-10)16(11)17/h10-17H,4-9,20H2,1-3H3,(H,21,22). The molecule has 0 saturated heterocycles. The van der Waals surface area contributed by atoms with Gasteiger partial charge in [-0.15, -0.1) is 0 Å². The largest absolute Gasteiger partial charge is 0.353 e. The normalized spacial score (nSPS) is 48.7. The van der Waals surface area contributed by atoms with E-state index in [1.54, 1.807) is 0 Å². The van der Waals surface area contributed by atoms with Crippen LogP contribution in [0.5, 0.6) is 0 Å². The molecule has 0 aromatic heterocycles. The van der Waals surface area contributed by atoms with Crippen LogP contribution in [-0.4, -0.2) is 18.5 Å². The zero-order valence-corrected chi connectivity index (χ0v) is 14.3. The lowest BCUT2D eigenvalue weighted by Gasteiger charge is -2.42. The van der Waals surface area contributed by atoms with Crippen LogP contribution in [0, 0.1) is 46.8 Å². The molecule has 8 unspecified atom stereocenters. The Morgan fingerprint density at radius 2 is 1.73 bits per heavy atom. The Bertz CT molecular complexity index is 474. The predicted octanol–water partition coefficient (Wildman–Crippen LogP) is 2.79. The molecule has 3 nitrogen and oxygen atoms in total. The predicted molar refractivity (Wildman–Crippen MR) is 88.0 cm³/mol. The van der Waals surface area contributed by atoms with E-state index in [0.29, 0.717) is 6.04 Å². The molecule has 0 aromatic carbocycles. The fraction of sp³-hybridized carbons (Fsp3) is 0.947. The summed E-state index contributed by atoms with van der Waals surface area (Å²) >= 11 is 0. The van der Waals surface area contributed by atoms with Gasteiger partial charge in [0.15, 0.2) is 0 Å². The minimum Gasteiger partial charge on any atom is -0.353 e. The SMILES string of the molecule is CCC(C)(C)C(=O)NC1CC2CC1C1C3CC(CN)C(C3)C21. The third-order valence-electron chi connectivity index (χ3n) is 8.07. The molecule has 4 aliphatic carbocycles. The smallest absolute Gasteiger partial charge is 0.225 e. The second-order valence-corrected chi connectivity index (χ2v) is 9.26. The van der Waals surface area contributed by atoms with Crippen molar-refractivity contribution >= 4 is 5.91 Å². The number of carbonyl (C=O) groups excluding carboxylic acids is 1. The first-order chi connectivity index (χ1) is 10.5. The Hall–Kier alpha value is -0.570. The Morgan fingerprint density at radius 3 is 2.41 bits per heavy atom. The maximum absolute atomic E-state index is 12.6. The van der Waals surface area contributed by atoms with E-state index in [0.717, 1.165) is 54.4 Å². The lowest BCUT2D eigenvalue weighted by molar-refractivity contribution is -0.131. The lowest BCUT2D eigenvalue weighted by atomic mass is 9.66. The summed E-state index contributed by atoms with van der Waals surface area (Å²) in [5, 5.41) is 3.44. The zero-order valence-electron chi connectivity index (χ0n) is 14.3. The maximum Gasteiger partial charge on any atom is 0.225 e. The molecular weight excluding hydrogens is 272 g/mol. The van der Waals surface area contributed by atoms with E-state index in [9.17, 15) is 4.79 Å². The highest BCUT2D eigenvalue weighted by molar-refractivity contribution is 5.82. The summed E-state index contributed by atoms with van der Waals surface area (Å²) in [4.78, 5) is 12.6. The van der Waals surface area contributed by atoms with Gasteiger partial charge in [-0.25, -0.2) is 0 Å². The lowest BCUT2D eigenvalue weighted by Crippen LogP contribution is -2.49. The van der Waals surface area contributed by atoms with Crippen molar-refractivity contribution in [1.29, 1.82) is 0 Å². The van der Waals surface area contributed by atoms with Crippen molar-refractivity contribution in [3.63, 3.8) is 0 Å². The third-order valence-corrected chi connectivity index (χ3v) is 8.07. The average molecular weight is 304 g/mol.